The number of nitro groups is 1. The second-order valence-electron chi connectivity index (χ2n) is 6.00. The first-order valence-corrected chi connectivity index (χ1v) is 8.29. The van der Waals surface area contributed by atoms with Crippen molar-refractivity contribution in [1.82, 2.24) is 14.9 Å². The van der Waals surface area contributed by atoms with Gasteiger partial charge in [0.2, 0.25) is 5.16 Å². The molecule has 0 aliphatic carbocycles. The Kier molecular flexibility index (Phi) is 5.13. The van der Waals surface area contributed by atoms with E-state index in [9.17, 15) is 14.9 Å². The van der Waals surface area contributed by atoms with E-state index in [0.29, 0.717) is 16.4 Å². The van der Waals surface area contributed by atoms with E-state index in [-0.39, 0.29) is 11.2 Å². The molecule has 2 aromatic rings. The van der Waals surface area contributed by atoms with Crippen LogP contribution in [0.1, 0.15) is 32.0 Å². The van der Waals surface area contributed by atoms with Crippen LogP contribution < -0.4 is 5.56 Å². The van der Waals surface area contributed by atoms with Gasteiger partial charge >= 0.3 is 0 Å². The molecular weight excluding hydrogens is 330 g/mol. The predicted octanol–water partition coefficient (Wildman–Crippen LogP) is 2.45. The molecule has 0 atom stereocenters. The van der Waals surface area contributed by atoms with Crippen molar-refractivity contribution in [2.75, 3.05) is 6.26 Å². The molecule has 126 valence electrons. The van der Waals surface area contributed by atoms with Crippen molar-refractivity contribution < 1.29 is 4.92 Å². The first-order valence-electron chi connectivity index (χ1n) is 7.07. The number of hydrogen-bond acceptors (Lipinski definition) is 7. The normalized spacial score (nSPS) is 11.8. The van der Waals surface area contributed by atoms with Crippen molar-refractivity contribution in [3.8, 4) is 0 Å². The summed E-state index contributed by atoms with van der Waals surface area (Å²) in [4.78, 5) is 23.0. The largest absolute Gasteiger partial charge is 0.297 e. The molecule has 8 nitrogen and oxygen atoms in total. The topological polar surface area (TPSA) is 103 Å². The van der Waals surface area contributed by atoms with Crippen LogP contribution in [0.4, 0.5) is 5.69 Å². The Hall–Kier alpha value is -2.55. The molecule has 0 aliphatic rings. The zero-order valence-electron chi connectivity index (χ0n) is 13.8. The third kappa shape index (κ3) is 3.85. The molecule has 0 fully saturated rings. The van der Waals surface area contributed by atoms with Gasteiger partial charge in [0.05, 0.1) is 11.1 Å². The lowest BCUT2D eigenvalue weighted by Crippen LogP contribution is -2.32. The van der Waals surface area contributed by atoms with Crippen molar-refractivity contribution in [3.05, 3.63) is 56.0 Å². The smallest absolute Gasteiger partial charge is 0.265 e. The molecular formula is C15H17N5O3S. The first-order chi connectivity index (χ1) is 11.2. The maximum absolute atomic E-state index is 12.6. The van der Waals surface area contributed by atoms with Crippen LogP contribution in [0.5, 0.6) is 0 Å². The van der Waals surface area contributed by atoms with Crippen LogP contribution in [-0.2, 0) is 5.41 Å². The van der Waals surface area contributed by atoms with E-state index in [2.05, 4.69) is 15.3 Å². The molecule has 0 bridgehead atoms. The van der Waals surface area contributed by atoms with Crippen LogP contribution >= 0.6 is 11.8 Å². The second-order valence-corrected chi connectivity index (χ2v) is 6.77. The number of rotatable bonds is 4. The van der Waals surface area contributed by atoms with Crippen LogP contribution in [0.3, 0.4) is 0 Å². The average molecular weight is 347 g/mol. The number of benzene rings is 1. The van der Waals surface area contributed by atoms with E-state index in [1.165, 1.54) is 30.1 Å². The van der Waals surface area contributed by atoms with Crippen LogP contribution in [0.25, 0.3) is 0 Å². The molecule has 24 heavy (non-hydrogen) atoms. The van der Waals surface area contributed by atoms with Gasteiger partial charge in [-0.05, 0) is 6.26 Å². The van der Waals surface area contributed by atoms with Crippen molar-refractivity contribution in [2.45, 2.75) is 31.3 Å². The minimum atomic E-state index is -0.484. The highest BCUT2D eigenvalue weighted by atomic mass is 32.2. The number of aromatic nitrogens is 3. The molecule has 0 spiro atoms. The molecule has 0 unspecified atom stereocenters. The lowest BCUT2D eigenvalue weighted by atomic mass is 9.93. The fourth-order valence-corrected chi connectivity index (χ4v) is 2.33. The Balaban J connectivity index is 2.50. The quantitative estimate of drug-likeness (QED) is 0.364. The van der Waals surface area contributed by atoms with Gasteiger partial charge in [-0.1, -0.05) is 44.7 Å². The van der Waals surface area contributed by atoms with Gasteiger partial charge in [-0.2, -0.15) is 9.78 Å². The molecule has 9 heteroatoms. The van der Waals surface area contributed by atoms with Crippen molar-refractivity contribution in [2.24, 2.45) is 5.10 Å². The molecule has 0 saturated heterocycles. The SMILES string of the molecule is CSc1nnc(C(C)(C)C)c(=O)n1N=Cc1cccc([N+](=O)[O-])c1. The summed E-state index contributed by atoms with van der Waals surface area (Å²) in [5, 5.41) is 23.4. The van der Waals surface area contributed by atoms with Gasteiger partial charge in [-0.25, -0.2) is 0 Å². The molecule has 0 amide bonds. The number of non-ortho nitro benzene ring substituents is 1. The molecule has 1 heterocycles. The van der Waals surface area contributed by atoms with Crippen molar-refractivity contribution in [1.29, 1.82) is 0 Å². The Morgan fingerprint density at radius 3 is 2.62 bits per heavy atom. The van der Waals surface area contributed by atoms with E-state index in [0.717, 1.165) is 4.68 Å². The summed E-state index contributed by atoms with van der Waals surface area (Å²) in [5.74, 6) is 0. The standard InChI is InChI=1S/C15H17N5O3S/c1-15(2,3)12-13(21)19(14(24-4)18-17-12)16-9-10-6-5-7-11(8-10)20(22)23/h5-9H,1-4H3. The Morgan fingerprint density at radius 2 is 2.04 bits per heavy atom. The Morgan fingerprint density at radius 1 is 1.33 bits per heavy atom. The second kappa shape index (κ2) is 6.91. The third-order valence-corrected chi connectivity index (χ3v) is 3.73. The number of nitro benzene ring substituents is 1. The van der Waals surface area contributed by atoms with Gasteiger partial charge in [0.25, 0.3) is 11.2 Å². The fraction of sp³-hybridized carbons (Fsp3) is 0.333. The maximum atomic E-state index is 12.6. The summed E-state index contributed by atoms with van der Waals surface area (Å²) in [5.41, 5.74) is -0.0546. The van der Waals surface area contributed by atoms with Gasteiger partial charge in [0.15, 0.2) is 0 Å². The average Bonchev–Trinajstić information content (AvgIpc) is 2.52. The zero-order valence-corrected chi connectivity index (χ0v) is 14.6. The van der Waals surface area contributed by atoms with E-state index >= 15 is 0 Å². The highest BCUT2D eigenvalue weighted by molar-refractivity contribution is 7.98. The van der Waals surface area contributed by atoms with Crippen LogP contribution in [0.2, 0.25) is 0 Å². The predicted molar refractivity (Wildman–Crippen MR) is 92.9 cm³/mol. The summed E-state index contributed by atoms with van der Waals surface area (Å²) in [7, 11) is 0. The summed E-state index contributed by atoms with van der Waals surface area (Å²) in [6, 6.07) is 6.00. The van der Waals surface area contributed by atoms with E-state index in [4.69, 9.17) is 0 Å². The van der Waals surface area contributed by atoms with Crippen molar-refractivity contribution in [3.63, 3.8) is 0 Å². The summed E-state index contributed by atoms with van der Waals surface area (Å²) >= 11 is 1.24. The monoisotopic (exact) mass is 347 g/mol. The maximum Gasteiger partial charge on any atom is 0.297 e. The first kappa shape index (κ1) is 17.8. The fourth-order valence-electron chi connectivity index (χ4n) is 1.91. The molecule has 0 aliphatic heterocycles. The van der Waals surface area contributed by atoms with E-state index < -0.39 is 10.3 Å². The van der Waals surface area contributed by atoms with Crippen LogP contribution in [0.15, 0.2) is 39.3 Å². The van der Waals surface area contributed by atoms with Crippen molar-refractivity contribution >= 4 is 23.7 Å². The van der Waals surface area contributed by atoms with Gasteiger partial charge in [-0.3, -0.25) is 14.9 Å². The van der Waals surface area contributed by atoms with Gasteiger partial charge in [0, 0.05) is 23.1 Å². The molecule has 0 radical (unpaired) electrons. The van der Waals surface area contributed by atoms with Gasteiger partial charge < -0.3 is 0 Å². The van der Waals surface area contributed by atoms with E-state index in [1.54, 1.807) is 18.4 Å². The lowest BCUT2D eigenvalue weighted by molar-refractivity contribution is -0.384. The Labute approximate surface area is 142 Å². The minimum absolute atomic E-state index is 0.0420. The molecule has 1 aromatic carbocycles. The minimum Gasteiger partial charge on any atom is -0.265 e. The van der Waals surface area contributed by atoms with Gasteiger partial charge in [0.1, 0.15) is 5.69 Å². The number of nitrogens with zero attached hydrogens (tertiary/aromatic N) is 5. The zero-order chi connectivity index (χ0) is 17.9. The third-order valence-electron chi connectivity index (χ3n) is 3.11. The molecule has 2 rings (SSSR count). The van der Waals surface area contributed by atoms with Gasteiger partial charge in [-0.15, -0.1) is 10.2 Å². The molecule has 0 saturated carbocycles. The number of thioether (sulfide) groups is 1. The molecule has 0 N–H and O–H groups in total. The highest BCUT2D eigenvalue weighted by Gasteiger charge is 2.23. The highest BCUT2D eigenvalue weighted by Crippen LogP contribution is 2.17. The summed E-state index contributed by atoms with van der Waals surface area (Å²) in [6.07, 6.45) is 3.15. The lowest BCUT2D eigenvalue weighted by Gasteiger charge is -2.16. The Bertz CT molecular complexity index is 855. The summed E-state index contributed by atoms with van der Waals surface area (Å²) in [6.45, 7) is 5.60. The summed E-state index contributed by atoms with van der Waals surface area (Å²) < 4.78 is 1.16. The van der Waals surface area contributed by atoms with Crippen LogP contribution in [0, 0.1) is 10.1 Å². The van der Waals surface area contributed by atoms with E-state index in [1.807, 2.05) is 20.8 Å². The van der Waals surface area contributed by atoms with Crippen LogP contribution in [-0.4, -0.2) is 32.3 Å². The molecule has 1 aromatic heterocycles. The number of hydrogen-bond donors (Lipinski definition) is 0.